The quantitative estimate of drug-likeness (QED) is 0.605. The summed E-state index contributed by atoms with van der Waals surface area (Å²) in [6, 6.07) is 20.6. The number of nitrogens with one attached hydrogen (secondary N) is 2. The molecule has 1 aliphatic heterocycles. The number of halogens is 1. The average molecular weight is 463 g/mol. The molecule has 2 N–H and O–H groups in total. The van der Waals surface area contributed by atoms with E-state index < -0.39 is 6.04 Å². The summed E-state index contributed by atoms with van der Waals surface area (Å²) < 4.78 is 0. The molecule has 1 aliphatic rings. The molecule has 6 nitrogen and oxygen atoms in total. The van der Waals surface area contributed by atoms with Crippen molar-refractivity contribution in [3.8, 4) is 6.07 Å². The number of carbonyl (C=O) groups is 2. The van der Waals surface area contributed by atoms with E-state index in [0.717, 1.165) is 27.6 Å². The van der Waals surface area contributed by atoms with Crippen molar-refractivity contribution < 1.29 is 9.59 Å². The number of rotatable bonds is 5. The van der Waals surface area contributed by atoms with Gasteiger partial charge in [-0.1, -0.05) is 48.5 Å². The Morgan fingerprint density at radius 2 is 1.82 bits per heavy atom. The second kappa shape index (κ2) is 10.5. The number of likely N-dealkylation sites (N-methyl/N-ethyl adjacent to an activating group) is 1. The summed E-state index contributed by atoms with van der Waals surface area (Å²) in [5.74, 6) is -0.319. The first kappa shape index (κ1) is 24.2. The smallest absolute Gasteiger partial charge is 0.249 e. The van der Waals surface area contributed by atoms with Crippen LogP contribution < -0.4 is 15.5 Å². The Morgan fingerprint density at radius 1 is 1.12 bits per heavy atom. The Balaban J connectivity index is 0.00000306. The molecule has 0 saturated carbocycles. The van der Waals surface area contributed by atoms with Gasteiger partial charge in [0, 0.05) is 5.69 Å². The number of benzene rings is 3. The zero-order chi connectivity index (χ0) is 22.7. The van der Waals surface area contributed by atoms with Crippen molar-refractivity contribution in [1.82, 2.24) is 10.6 Å². The highest BCUT2D eigenvalue weighted by Gasteiger charge is 2.32. The molecule has 0 radical (unpaired) electrons. The van der Waals surface area contributed by atoms with Gasteiger partial charge in [0.05, 0.1) is 24.2 Å². The van der Waals surface area contributed by atoms with E-state index in [2.05, 4.69) is 16.7 Å². The number of amides is 2. The lowest BCUT2D eigenvalue weighted by Crippen LogP contribution is -2.52. The Morgan fingerprint density at radius 3 is 2.55 bits per heavy atom. The number of nitrogens with zero attached hydrogens (tertiary/aromatic N) is 2. The third-order valence-corrected chi connectivity index (χ3v) is 6.15. The minimum Gasteiger partial charge on any atom is -0.343 e. The van der Waals surface area contributed by atoms with Gasteiger partial charge in [0.15, 0.2) is 0 Å². The number of fused-ring (bicyclic) bond motifs is 2. The van der Waals surface area contributed by atoms with E-state index in [-0.39, 0.29) is 30.3 Å². The molecule has 4 rings (SSSR count). The van der Waals surface area contributed by atoms with Crippen LogP contribution in [0.1, 0.15) is 30.0 Å². The number of nitriles is 1. The van der Waals surface area contributed by atoms with Crippen molar-refractivity contribution in [2.45, 2.75) is 38.4 Å². The van der Waals surface area contributed by atoms with Gasteiger partial charge < -0.3 is 15.5 Å². The van der Waals surface area contributed by atoms with Crippen molar-refractivity contribution in [3.63, 3.8) is 0 Å². The fourth-order valence-electron chi connectivity index (χ4n) is 4.21. The maximum atomic E-state index is 13.7. The number of anilines is 1. The minimum absolute atomic E-state index is 0. The molecule has 1 heterocycles. The molecule has 0 aromatic heterocycles. The van der Waals surface area contributed by atoms with Gasteiger partial charge in [-0.3, -0.25) is 9.59 Å². The topological polar surface area (TPSA) is 85.2 Å². The maximum absolute atomic E-state index is 13.7. The highest BCUT2D eigenvalue weighted by atomic mass is 35.5. The molecule has 0 bridgehead atoms. The van der Waals surface area contributed by atoms with Crippen LogP contribution in [0.5, 0.6) is 0 Å². The highest BCUT2D eigenvalue weighted by Crippen LogP contribution is 2.31. The van der Waals surface area contributed by atoms with E-state index in [9.17, 15) is 14.9 Å². The van der Waals surface area contributed by atoms with Crippen molar-refractivity contribution in [2.24, 2.45) is 0 Å². The van der Waals surface area contributed by atoms with E-state index in [1.807, 2.05) is 54.6 Å². The summed E-state index contributed by atoms with van der Waals surface area (Å²) in [5, 5.41) is 17.2. The van der Waals surface area contributed by atoms with Crippen LogP contribution in [0.15, 0.2) is 60.7 Å². The molecule has 2 amide bonds. The van der Waals surface area contributed by atoms with E-state index in [0.29, 0.717) is 24.9 Å². The van der Waals surface area contributed by atoms with Crippen LogP contribution in [0.2, 0.25) is 0 Å². The summed E-state index contributed by atoms with van der Waals surface area (Å²) in [7, 11) is 1.72. The van der Waals surface area contributed by atoms with E-state index >= 15 is 0 Å². The lowest BCUT2D eigenvalue weighted by atomic mass is 9.99. The normalized spacial score (nSPS) is 16.2. The van der Waals surface area contributed by atoms with Crippen LogP contribution >= 0.6 is 12.4 Å². The van der Waals surface area contributed by atoms with Crippen molar-refractivity contribution in [3.05, 3.63) is 77.4 Å². The summed E-state index contributed by atoms with van der Waals surface area (Å²) in [4.78, 5) is 27.9. The number of aryl methyl sites for hydroxylation is 1. The fraction of sp³-hybridized carbons (Fsp3) is 0.269. The molecular weight excluding hydrogens is 436 g/mol. The van der Waals surface area contributed by atoms with Gasteiger partial charge in [0.25, 0.3) is 0 Å². The Labute approximate surface area is 200 Å². The number of hydrogen-bond donors (Lipinski definition) is 2. The molecule has 33 heavy (non-hydrogen) atoms. The standard InChI is InChI=1S/C26H26N4O2.ClH/c1-17(28-2)25(31)29-23-14-13-18-7-3-6-10-24(18)30(26(23)32)16-20-12-11-19(15-27)21-8-4-5-9-22(20)21;/h3-12,17,23,28H,13-14,16H2,1-2H3,(H,29,31);1H/t17-,23-;/m0./s1. The monoisotopic (exact) mass is 462 g/mol. The highest BCUT2D eigenvalue weighted by molar-refractivity contribution is 6.01. The van der Waals surface area contributed by atoms with Crippen molar-refractivity contribution >= 4 is 40.7 Å². The van der Waals surface area contributed by atoms with Crippen LogP contribution in [0.3, 0.4) is 0 Å². The lowest BCUT2D eigenvalue weighted by molar-refractivity contribution is -0.128. The van der Waals surface area contributed by atoms with E-state index in [4.69, 9.17) is 0 Å². The lowest BCUT2D eigenvalue weighted by Gasteiger charge is -2.27. The largest absolute Gasteiger partial charge is 0.343 e. The first-order valence-corrected chi connectivity index (χ1v) is 10.8. The minimum atomic E-state index is -0.602. The van der Waals surface area contributed by atoms with Gasteiger partial charge in [-0.2, -0.15) is 5.26 Å². The van der Waals surface area contributed by atoms with E-state index in [1.165, 1.54) is 0 Å². The molecule has 3 aromatic carbocycles. The molecule has 0 saturated heterocycles. The second-order valence-electron chi connectivity index (χ2n) is 8.09. The molecule has 0 unspecified atom stereocenters. The zero-order valence-electron chi connectivity index (χ0n) is 18.7. The number of para-hydroxylation sites is 1. The summed E-state index contributed by atoms with van der Waals surface area (Å²) in [5.41, 5.74) is 3.51. The van der Waals surface area contributed by atoms with Crippen LogP contribution in [-0.2, 0) is 22.6 Å². The third-order valence-electron chi connectivity index (χ3n) is 6.15. The van der Waals surface area contributed by atoms with Crippen LogP contribution in [0.25, 0.3) is 10.8 Å². The van der Waals surface area contributed by atoms with Gasteiger partial charge >= 0.3 is 0 Å². The third kappa shape index (κ3) is 4.85. The molecule has 0 fully saturated rings. The zero-order valence-corrected chi connectivity index (χ0v) is 19.5. The Kier molecular flexibility index (Phi) is 7.70. The van der Waals surface area contributed by atoms with Crippen LogP contribution in [0, 0.1) is 11.3 Å². The summed E-state index contributed by atoms with van der Waals surface area (Å²) >= 11 is 0. The van der Waals surface area contributed by atoms with Gasteiger partial charge in [-0.15, -0.1) is 12.4 Å². The Bertz CT molecular complexity index is 1220. The van der Waals surface area contributed by atoms with Crippen molar-refractivity contribution in [2.75, 3.05) is 11.9 Å². The van der Waals surface area contributed by atoms with Gasteiger partial charge in [-0.25, -0.2) is 0 Å². The second-order valence-corrected chi connectivity index (χ2v) is 8.09. The van der Waals surface area contributed by atoms with Crippen molar-refractivity contribution in [1.29, 1.82) is 5.26 Å². The first-order chi connectivity index (χ1) is 15.5. The summed E-state index contributed by atoms with van der Waals surface area (Å²) in [6.45, 7) is 2.13. The molecule has 2 atom stereocenters. The van der Waals surface area contributed by atoms with Crippen LogP contribution in [-0.4, -0.2) is 30.9 Å². The molecule has 3 aromatic rings. The molecule has 0 aliphatic carbocycles. The summed E-state index contributed by atoms with van der Waals surface area (Å²) in [6.07, 6.45) is 1.24. The average Bonchev–Trinajstić information content (AvgIpc) is 2.96. The molecule has 170 valence electrons. The predicted molar refractivity (Wildman–Crippen MR) is 132 cm³/mol. The number of hydrogen-bond acceptors (Lipinski definition) is 4. The van der Waals surface area contributed by atoms with E-state index in [1.54, 1.807) is 24.9 Å². The fourth-order valence-corrected chi connectivity index (χ4v) is 4.21. The maximum Gasteiger partial charge on any atom is 0.249 e. The predicted octanol–water partition coefficient (Wildman–Crippen LogP) is 3.71. The van der Waals surface area contributed by atoms with Gasteiger partial charge in [0.1, 0.15) is 6.04 Å². The number of carbonyl (C=O) groups excluding carboxylic acids is 2. The molecule has 0 spiro atoms. The first-order valence-electron chi connectivity index (χ1n) is 10.8. The molecule has 7 heteroatoms. The van der Waals surface area contributed by atoms with Gasteiger partial charge in [-0.05, 0) is 60.8 Å². The Hall–Kier alpha value is -3.40. The van der Waals surface area contributed by atoms with Crippen LogP contribution in [0.4, 0.5) is 5.69 Å². The molecular formula is C26H27ClN4O2. The SMILES string of the molecule is CN[C@@H](C)C(=O)N[C@H]1CCc2ccccc2N(Cc2ccc(C#N)c3ccccc23)C1=O.Cl. The van der Waals surface area contributed by atoms with Gasteiger partial charge in [0.2, 0.25) is 11.8 Å².